The number of benzene rings is 2. The number of fused-ring (bicyclic) bond motifs is 1. The van der Waals surface area contributed by atoms with Crippen LogP contribution in [0.2, 0.25) is 0 Å². The summed E-state index contributed by atoms with van der Waals surface area (Å²) in [6.45, 7) is 0.243. The van der Waals surface area contributed by atoms with Crippen LogP contribution >= 0.6 is 0 Å². The zero-order chi connectivity index (χ0) is 14.8. The van der Waals surface area contributed by atoms with Crippen LogP contribution in [-0.4, -0.2) is 4.98 Å². The van der Waals surface area contributed by atoms with Gasteiger partial charge in [0, 0.05) is 24.1 Å². The molecule has 1 heterocycles. The average Bonchev–Trinajstić information content (AvgIpc) is 2.49. The van der Waals surface area contributed by atoms with E-state index in [9.17, 15) is 8.78 Å². The van der Waals surface area contributed by atoms with Gasteiger partial charge in [0.25, 0.3) is 0 Å². The maximum Gasteiger partial charge on any atom is 0.168 e. The van der Waals surface area contributed by atoms with Crippen LogP contribution in [0.25, 0.3) is 10.9 Å². The van der Waals surface area contributed by atoms with Crippen molar-refractivity contribution in [1.29, 1.82) is 0 Å². The van der Waals surface area contributed by atoms with Crippen LogP contribution in [-0.2, 0) is 6.54 Å². The maximum absolute atomic E-state index is 13.7. The number of pyridine rings is 1. The van der Waals surface area contributed by atoms with Gasteiger partial charge in [0.1, 0.15) is 11.6 Å². The molecular formula is C16H12F2N2O. The summed E-state index contributed by atoms with van der Waals surface area (Å²) in [5.74, 6) is -1.02. The lowest BCUT2D eigenvalue weighted by Gasteiger charge is -2.11. The van der Waals surface area contributed by atoms with Gasteiger partial charge in [-0.1, -0.05) is 12.1 Å². The van der Waals surface area contributed by atoms with Gasteiger partial charge in [0.05, 0.1) is 11.2 Å². The minimum atomic E-state index is -0.759. The van der Waals surface area contributed by atoms with E-state index in [0.717, 1.165) is 17.5 Å². The van der Waals surface area contributed by atoms with Crippen molar-refractivity contribution in [2.45, 2.75) is 6.54 Å². The van der Waals surface area contributed by atoms with Gasteiger partial charge in [0.15, 0.2) is 11.6 Å². The molecule has 0 saturated carbocycles. The molecule has 21 heavy (non-hydrogen) atoms. The Morgan fingerprint density at radius 3 is 2.57 bits per heavy atom. The van der Waals surface area contributed by atoms with E-state index in [-0.39, 0.29) is 12.3 Å². The van der Waals surface area contributed by atoms with E-state index in [2.05, 4.69) is 4.98 Å². The van der Waals surface area contributed by atoms with E-state index in [1.165, 1.54) is 6.07 Å². The second-order valence-corrected chi connectivity index (χ2v) is 4.51. The molecule has 0 aliphatic carbocycles. The lowest BCUT2D eigenvalue weighted by atomic mass is 10.2. The molecule has 0 amide bonds. The quantitative estimate of drug-likeness (QED) is 0.797. The highest BCUT2D eigenvalue weighted by Gasteiger charge is 2.10. The van der Waals surface area contributed by atoms with Crippen LogP contribution in [0.4, 0.5) is 8.78 Å². The lowest BCUT2D eigenvalue weighted by Crippen LogP contribution is -2.01. The number of nitrogens with two attached hydrogens (primary N) is 1. The Bertz CT molecular complexity index is 805. The fourth-order valence-electron chi connectivity index (χ4n) is 2.06. The zero-order valence-corrected chi connectivity index (χ0v) is 11.0. The number of aromatic nitrogens is 1. The molecule has 3 nitrogen and oxygen atoms in total. The molecule has 2 N–H and O–H groups in total. The minimum Gasteiger partial charge on any atom is -0.454 e. The second kappa shape index (κ2) is 5.46. The van der Waals surface area contributed by atoms with E-state index in [0.29, 0.717) is 17.0 Å². The monoisotopic (exact) mass is 286 g/mol. The van der Waals surface area contributed by atoms with Gasteiger partial charge < -0.3 is 10.5 Å². The highest BCUT2D eigenvalue weighted by Crippen LogP contribution is 2.31. The minimum absolute atomic E-state index is 0.0456. The van der Waals surface area contributed by atoms with Crippen LogP contribution in [0, 0.1) is 11.6 Å². The van der Waals surface area contributed by atoms with Gasteiger partial charge in [-0.15, -0.1) is 0 Å². The third-order valence-electron chi connectivity index (χ3n) is 3.05. The predicted octanol–water partition coefficient (Wildman–Crippen LogP) is 3.76. The molecule has 0 aliphatic rings. The third kappa shape index (κ3) is 2.68. The van der Waals surface area contributed by atoms with Crippen molar-refractivity contribution >= 4 is 10.9 Å². The number of para-hydroxylation sites is 1. The van der Waals surface area contributed by atoms with Gasteiger partial charge in [-0.3, -0.25) is 4.98 Å². The number of hydrogen-bond donors (Lipinski definition) is 1. The molecule has 106 valence electrons. The summed E-state index contributed by atoms with van der Waals surface area (Å²) >= 11 is 0. The first kappa shape index (κ1) is 13.5. The number of hydrogen-bond acceptors (Lipinski definition) is 3. The molecule has 0 saturated heterocycles. The van der Waals surface area contributed by atoms with E-state index >= 15 is 0 Å². The fraction of sp³-hybridized carbons (Fsp3) is 0.0625. The first-order chi connectivity index (χ1) is 10.2. The number of halogens is 2. The van der Waals surface area contributed by atoms with Crippen LogP contribution < -0.4 is 10.5 Å². The van der Waals surface area contributed by atoms with Gasteiger partial charge in [0.2, 0.25) is 0 Å². The molecule has 3 aromatic rings. The predicted molar refractivity (Wildman–Crippen MR) is 76.1 cm³/mol. The Labute approximate surface area is 120 Å². The van der Waals surface area contributed by atoms with E-state index in [1.807, 2.05) is 24.3 Å². The van der Waals surface area contributed by atoms with Crippen molar-refractivity contribution in [3.8, 4) is 11.5 Å². The van der Waals surface area contributed by atoms with Crippen molar-refractivity contribution in [2.75, 3.05) is 0 Å². The van der Waals surface area contributed by atoms with Crippen LogP contribution in [0.15, 0.2) is 48.5 Å². The molecule has 0 unspecified atom stereocenters. The van der Waals surface area contributed by atoms with Crippen molar-refractivity contribution in [1.82, 2.24) is 4.98 Å². The van der Waals surface area contributed by atoms with Crippen LogP contribution in [0.3, 0.4) is 0 Å². The molecule has 0 fully saturated rings. The Morgan fingerprint density at radius 1 is 1.00 bits per heavy atom. The Morgan fingerprint density at radius 2 is 1.81 bits per heavy atom. The molecular weight excluding hydrogens is 274 g/mol. The third-order valence-corrected chi connectivity index (χ3v) is 3.05. The standard InChI is InChI=1S/C16H12F2N2O/c17-10-5-6-15(13(18)7-10)21-16-8-11(9-19)20-14-4-2-1-3-12(14)16/h1-8H,9,19H2. The summed E-state index contributed by atoms with van der Waals surface area (Å²) < 4.78 is 32.2. The molecule has 5 heteroatoms. The highest BCUT2D eigenvalue weighted by atomic mass is 19.1. The summed E-state index contributed by atoms with van der Waals surface area (Å²) in [7, 11) is 0. The largest absolute Gasteiger partial charge is 0.454 e. The van der Waals surface area contributed by atoms with Gasteiger partial charge in [-0.25, -0.2) is 8.78 Å². The van der Waals surface area contributed by atoms with Gasteiger partial charge >= 0.3 is 0 Å². The SMILES string of the molecule is NCc1cc(Oc2ccc(F)cc2F)c2ccccc2n1. The topological polar surface area (TPSA) is 48.1 Å². The number of ether oxygens (including phenoxy) is 1. The zero-order valence-electron chi connectivity index (χ0n) is 11.0. The molecule has 0 spiro atoms. The van der Waals surface area contributed by atoms with Crippen molar-refractivity contribution < 1.29 is 13.5 Å². The Balaban J connectivity index is 2.10. The normalized spacial score (nSPS) is 10.8. The summed E-state index contributed by atoms with van der Waals surface area (Å²) in [6.07, 6.45) is 0. The highest BCUT2D eigenvalue weighted by molar-refractivity contribution is 5.85. The molecule has 2 aromatic carbocycles. The molecule has 0 bridgehead atoms. The second-order valence-electron chi connectivity index (χ2n) is 4.51. The van der Waals surface area contributed by atoms with E-state index in [4.69, 9.17) is 10.5 Å². The molecule has 3 rings (SSSR count). The first-order valence-electron chi connectivity index (χ1n) is 6.39. The summed E-state index contributed by atoms with van der Waals surface area (Å²) in [4.78, 5) is 4.37. The average molecular weight is 286 g/mol. The van der Waals surface area contributed by atoms with Crippen molar-refractivity contribution in [3.63, 3.8) is 0 Å². The number of nitrogens with zero attached hydrogens (tertiary/aromatic N) is 1. The first-order valence-corrected chi connectivity index (χ1v) is 6.39. The Hall–Kier alpha value is -2.53. The smallest absolute Gasteiger partial charge is 0.168 e. The van der Waals surface area contributed by atoms with Crippen molar-refractivity contribution in [2.24, 2.45) is 5.73 Å². The van der Waals surface area contributed by atoms with Crippen LogP contribution in [0.1, 0.15) is 5.69 Å². The summed E-state index contributed by atoms with van der Waals surface area (Å²) in [5, 5.41) is 0.735. The van der Waals surface area contributed by atoms with Crippen molar-refractivity contribution in [3.05, 3.63) is 65.9 Å². The lowest BCUT2D eigenvalue weighted by molar-refractivity contribution is 0.441. The summed E-state index contributed by atoms with van der Waals surface area (Å²) in [6, 6.07) is 12.2. The molecule has 0 radical (unpaired) electrons. The van der Waals surface area contributed by atoms with Crippen LogP contribution in [0.5, 0.6) is 11.5 Å². The maximum atomic E-state index is 13.7. The summed E-state index contributed by atoms with van der Waals surface area (Å²) in [5.41, 5.74) is 6.95. The molecule has 0 aliphatic heterocycles. The van der Waals surface area contributed by atoms with Gasteiger partial charge in [-0.05, 0) is 24.3 Å². The molecule has 0 atom stereocenters. The van der Waals surface area contributed by atoms with E-state index in [1.54, 1.807) is 6.07 Å². The Kier molecular flexibility index (Phi) is 3.50. The van der Waals surface area contributed by atoms with Gasteiger partial charge in [-0.2, -0.15) is 0 Å². The fourth-order valence-corrected chi connectivity index (χ4v) is 2.06. The molecule has 1 aromatic heterocycles. The number of rotatable bonds is 3. The van der Waals surface area contributed by atoms with E-state index < -0.39 is 11.6 Å².